The van der Waals surface area contributed by atoms with Crippen LogP contribution in [0.5, 0.6) is 0 Å². The molecule has 1 heterocycles. The highest BCUT2D eigenvalue weighted by atomic mass is 32.2. The lowest BCUT2D eigenvalue weighted by Gasteiger charge is -2.21. The molecular formula is C16H24N2S. The molecule has 0 aliphatic heterocycles. The third kappa shape index (κ3) is 3.77. The summed E-state index contributed by atoms with van der Waals surface area (Å²) in [6.45, 7) is 8.63. The van der Waals surface area contributed by atoms with Crippen LogP contribution >= 0.6 is 11.8 Å². The number of thioether (sulfide) groups is 1. The van der Waals surface area contributed by atoms with Crippen molar-refractivity contribution in [2.75, 3.05) is 12.0 Å². The van der Waals surface area contributed by atoms with Gasteiger partial charge in [-0.25, -0.2) is 0 Å². The van der Waals surface area contributed by atoms with Gasteiger partial charge in [0.25, 0.3) is 0 Å². The van der Waals surface area contributed by atoms with Gasteiger partial charge >= 0.3 is 0 Å². The fourth-order valence-electron chi connectivity index (χ4n) is 2.22. The molecule has 104 valence electrons. The average Bonchev–Trinajstić information content (AvgIpc) is 2.76. The Morgan fingerprint density at radius 2 is 2.00 bits per heavy atom. The molecule has 1 aromatic carbocycles. The molecule has 0 radical (unpaired) electrons. The van der Waals surface area contributed by atoms with E-state index in [1.165, 1.54) is 16.5 Å². The fourth-order valence-corrected chi connectivity index (χ4v) is 2.60. The topological polar surface area (TPSA) is 17.0 Å². The molecular weight excluding hydrogens is 252 g/mol. The summed E-state index contributed by atoms with van der Waals surface area (Å²) in [4.78, 5) is 0. The number of nitrogens with one attached hydrogen (secondary N) is 1. The summed E-state index contributed by atoms with van der Waals surface area (Å²) in [5, 5.41) is 4.93. The highest BCUT2D eigenvalue weighted by molar-refractivity contribution is 7.98. The number of aryl methyl sites for hydroxylation is 1. The van der Waals surface area contributed by atoms with Gasteiger partial charge < -0.3 is 9.88 Å². The third-order valence-electron chi connectivity index (χ3n) is 3.22. The first-order valence-electron chi connectivity index (χ1n) is 6.82. The van der Waals surface area contributed by atoms with E-state index in [4.69, 9.17) is 0 Å². The van der Waals surface area contributed by atoms with Gasteiger partial charge in [-0.15, -0.1) is 0 Å². The van der Waals surface area contributed by atoms with Crippen molar-refractivity contribution in [3.8, 4) is 0 Å². The summed E-state index contributed by atoms with van der Waals surface area (Å²) < 4.78 is 2.38. The second-order valence-electron chi connectivity index (χ2n) is 5.96. The molecule has 2 rings (SSSR count). The first-order chi connectivity index (χ1) is 9.01. The van der Waals surface area contributed by atoms with E-state index >= 15 is 0 Å². The summed E-state index contributed by atoms with van der Waals surface area (Å²) in [6, 6.07) is 8.80. The fraction of sp³-hybridized carbons (Fsp3) is 0.500. The van der Waals surface area contributed by atoms with Gasteiger partial charge in [-0.3, -0.25) is 0 Å². The van der Waals surface area contributed by atoms with Crippen LogP contribution in [0.15, 0.2) is 30.5 Å². The summed E-state index contributed by atoms with van der Waals surface area (Å²) in [5.41, 5.74) is 2.92. The molecule has 0 fully saturated rings. The van der Waals surface area contributed by atoms with E-state index in [2.05, 4.69) is 67.4 Å². The van der Waals surface area contributed by atoms with Crippen molar-refractivity contribution in [2.24, 2.45) is 0 Å². The molecule has 0 saturated heterocycles. The van der Waals surface area contributed by atoms with Crippen LogP contribution in [0.2, 0.25) is 0 Å². The number of aromatic nitrogens is 1. The second-order valence-corrected chi connectivity index (χ2v) is 6.95. The molecule has 0 bridgehead atoms. The molecule has 0 spiro atoms. The lowest BCUT2D eigenvalue weighted by Crippen LogP contribution is -2.35. The highest BCUT2D eigenvalue weighted by Gasteiger charge is 2.11. The lowest BCUT2D eigenvalue weighted by molar-refractivity contribution is 0.425. The number of nitrogens with zero attached hydrogens (tertiary/aromatic N) is 1. The molecule has 19 heavy (non-hydrogen) atoms. The predicted octanol–water partition coefficient (Wildman–Crippen LogP) is 3.89. The second kappa shape index (κ2) is 6.02. The molecule has 1 aromatic heterocycles. The molecule has 0 atom stereocenters. The SMILES string of the molecule is CSCCn1ccc2cccc(CNC(C)(C)C)c21. The minimum Gasteiger partial charge on any atom is -0.346 e. The number of benzene rings is 1. The van der Waals surface area contributed by atoms with Crippen molar-refractivity contribution < 1.29 is 0 Å². The Morgan fingerprint density at radius 3 is 2.68 bits per heavy atom. The van der Waals surface area contributed by atoms with Crippen molar-refractivity contribution in [1.82, 2.24) is 9.88 Å². The van der Waals surface area contributed by atoms with Crippen LogP contribution in [-0.2, 0) is 13.1 Å². The van der Waals surface area contributed by atoms with Crippen LogP contribution in [0.25, 0.3) is 10.9 Å². The van der Waals surface area contributed by atoms with E-state index in [1.54, 1.807) is 0 Å². The largest absolute Gasteiger partial charge is 0.346 e. The van der Waals surface area contributed by atoms with Crippen molar-refractivity contribution in [2.45, 2.75) is 39.4 Å². The van der Waals surface area contributed by atoms with Crippen LogP contribution < -0.4 is 5.32 Å². The van der Waals surface area contributed by atoms with Gasteiger partial charge in [0.15, 0.2) is 0 Å². The number of hydrogen-bond donors (Lipinski definition) is 1. The smallest absolute Gasteiger partial charge is 0.0526 e. The van der Waals surface area contributed by atoms with Crippen molar-refractivity contribution >= 4 is 22.7 Å². The minimum absolute atomic E-state index is 0.152. The van der Waals surface area contributed by atoms with E-state index in [0.29, 0.717) is 0 Å². The lowest BCUT2D eigenvalue weighted by atomic mass is 10.1. The van der Waals surface area contributed by atoms with Crippen LogP contribution in [-0.4, -0.2) is 22.1 Å². The van der Waals surface area contributed by atoms with E-state index in [9.17, 15) is 0 Å². The molecule has 0 unspecified atom stereocenters. The predicted molar refractivity (Wildman–Crippen MR) is 86.9 cm³/mol. The number of fused-ring (bicyclic) bond motifs is 1. The van der Waals surface area contributed by atoms with E-state index in [1.807, 2.05) is 11.8 Å². The van der Waals surface area contributed by atoms with Crippen LogP contribution in [0, 0.1) is 0 Å². The van der Waals surface area contributed by atoms with Gasteiger partial charge in [-0.1, -0.05) is 18.2 Å². The van der Waals surface area contributed by atoms with E-state index in [0.717, 1.165) is 18.8 Å². The molecule has 0 saturated carbocycles. The van der Waals surface area contributed by atoms with E-state index in [-0.39, 0.29) is 5.54 Å². The van der Waals surface area contributed by atoms with Crippen LogP contribution in [0.4, 0.5) is 0 Å². The zero-order chi connectivity index (χ0) is 13.9. The zero-order valence-electron chi connectivity index (χ0n) is 12.4. The first-order valence-corrected chi connectivity index (χ1v) is 8.21. The molecule has 3 heteroatoms. The molecule has 0 aliphatic carbocycles. The minimum atomic E-state index is 0.152. The number of hydrogen-bond acceptors (Lipinski definition) is 2. The maximum Gasteiger partial charge on any atom is 0.0526 e. The summed E-state index contributed by atoms with van der Waals surface area (Å²) >= 11 is 1.90. The molecule has 1 N–H and O–H groups in total. The van der Waals surface area contributed by atoms with Gasteiger partial charge in [-0.05, 0) is 44.0 Å². The van der Waals surface area contributed by atoms with Gasteiger partial charge in [0.2, 0.25) is 0 Å². The Kier molecular flexibility index (Phi) is 4.58. The van der Waals surface area contributed by atoms with Crippen molar-refractivity contribution in [1.29, 1.82) is 0 Å². The maximum absolute atomic E-state index is 3.58. The van der Waals surface area contributed by atoms with Crippen molar-refractivity contribution in [3.63, 3.8) is 0 Å². The normalized spacial score (nSPS) is 12.2. The summed E-state index contributed by atoms with van der Waals surface area (Å²) in [6.07, 6.45) is 4.37. The highest BCUT2D eigenvalue weighted by Crippen LogP contribution is 2.21. The standard InChI is InChI=1S/C16H24N2S/c1-16(2,3)17-12-14-7-5-6-13-8-9-18(15(13)14)10-11-19-4/h5-9,17H,10-12H2,1-4H3. The van der Waals surface area contributed by atoms with Crippen LogP contribution in [0.3, 0.4) is 0 Å². The number of para-hydroxylation sites is 1. The Bertz CT molecular complexity index is 537. The summed E-state index contributed by atoms with van der Waals surface area (Å²) in [5.74, 6) is 1.16. The average molecular weight is 276 g/mol. The maximum atomic E-state index is 3.58. The Hall–Kier alpha value is -0.930. The van der Waals surface area contributed by atoms with Gasteiger partial charge in [-0.2, -0.15) is 11.8 Å². The van der Waals surface area contributed by atoms with E-state index < -0.39 is 0 Å². The first kappa shape index (κ1) is 14.5. The Labute approximate surface area is 120 Å². The van der Waals surface area contributed by atoms with Gasteiger partial charge in [0.1, 0.15) is 0 Å². The molecule has 0 aliphatic rings. The van der Waals surface area contributed by atoms with Gasteiger partial charge in [0, 0.05) is 30.6 Å². The quantitative estimate of drug-likeness (QED) is 0.892. The summed E-state index contributed by atoms with van der Waals surface area (Å²) in [7, 11) is 0. The van der Waals surface area contributed by atoms with Gasteiger partial charge in [0.05, 0.1) is 5.52 Å². The Morgan fingerprint density at radius 1 is 1.21 bits per heavy atom. The molecule has 2 nitrogen and oxygen atoms in total. The number of rotatable bonds is 5. The molecule has 0 amide bonds. The van der Waals surface area contributed by atoms with Crippen molar-refractivity contribution in [3.05, 3.63) is 36.0 Å². The third-order valence-corrected chi connectivity index (χ3v) is 3.81. The monoisotopic (exact) mass is 276 g/mol. The Balaban J connectivity index is 2.29. The van der Waals surface area contributed by atoms with Crippen LogP contribution in [0.1, 0.15) is 26.3 Å². The zero-order valence-corrected chi connectivity index (χ0v) is 13.2. The molecule has 2 aromatic rings.